The lowest BCUT2D eigenvalue weighted by atomic mass is 9.74. The van der Waals surface area contributed by atoms with Gasteiger partial charge in [-0.15, -0.1) is 0 Å². The molecule has 0 saturated heterocycles. The van der Waals surface area contributed by atoms with Gasteiger partial charge in [0.05, 0.1) is 0 Å². The third-order valence-corrected chi connectivity index (χ3v) is 2.92. The van der Waals surface area contributed by atoms with Crippen LogP contribution in [-0.2, 0) is 0 Å². The van der Waals surface area contributed by atoms with Crippen molar-refractivity contribution in [1.82, 2.24) is 0 Å². The first-order chi connectivity index (χ1) is 6.95. The number of aromatic hydroxyl groups is 1. The molecule has 1 aromatic carbocycles. The Hall–Kier alpha value is -0.980. The van der Waals surface area contributed by atoms with Crippen LogP contribution in [0.3, 0.4) is 0 Å². The van der Waals surface area contributed by atoms with Gasteiger partial charge >= 0.3 is 0 Å². The van der Waals surface area contributed by atoms with E-state index in [2.05, 4.69) is 27.7 Å². The van der Waals surface area contributed by atoms with Crippen LogP contribution in [-0.4, -0.2) is 5.11 Å². The van der Waals surface area contributed by atoms with E-state index in [1.807, 2.05) is 12.1 Å². The van der Waals surface area contributed by atoms with E-state index >= 15 is 0 Å². The summed E-state index contributed by atoms with van der Waals surface area (Å²) in [5.74, 6) is 0.922. The average Bonchev–Trinajstić information content (AvgIpc) is 2.14. The van der Waals surface area contributed by atoms with Gasteiger partial charge in [-0.1, -0.05) is 46.2 Å². The first-order valence-electron chi connectivity index (χ1n) is 5.74. The number of hydrogen-bond donors (Lipinski definition) is 1. The molecule has 1 N–H and O–H groups in total. The summed E-state index contributed by atoms with van der Waals surface area (Å²) in [6.07, 6.45) is 2.40. The van der Waals surface area contributed by atoms with Crippen LogP contribution in [0.4, 0.5) is 0 Å². The Kier molecular flexibility index (Phi) is 3.78. The fourth-order valence-electron chi connectivity index (χ4n) is 2.09. The summed E-state index contributed by atoms with van der Waals surface area (Å²) in [7, 11) is 0. The fourth-order valence-corrected chi connectivity index (χ4v) is 2.09. The molecule has 15 heavy (non-hydrogen) atoms. The van der Waals surface area contributed by atoms with Crippen LogP contribution in [0, 0.1) is 5.41 Å². The topological polar surface area (TPSA) is 20.2 Å². The van der Waals surface area contributed by atoms with Crippen LogP contribution in [0.5, 0.6) is 5.75 Å². The molecule has 1 aromatic rings. The minimum atomic E-state index is 0.285. The second-order valence-corrected chi connectivity index (χ2v) is 5.30. The Morgan fingerprint density at radius 1 is 1.13 bits per heavy atom. The van der Waals surface area contributed by atoms with Crippen LogP contribution in [0.15, 0.2) is 24.3 Å². The maximum Gasteiger partial charge on any atom is 0.115 e. The van der Waals surface area contributed by atoms with Crippen molar-refractivity contribution in [2.75, 3.05) is 0 Å². The van der Waals surface area contributed by atoms with Gasteiger partial charge in [-0.05, 0) is 35.4 Å². The lowest BCUT2D eigenvalue weighted by Gasteiger charge is -2.31. The van der Waals surface area contributed by atoms with Crippen LogP contribution in [0.2, 0.25) is 0 Å². The first-order valence-corrected chi connectivity index (χ1v) is 5.74. The van der Waals surface area contributed by atoms with Crippen molar-refractivity contribution in [1.29, 1.82) is 0 Å². The Balaban J connectivity index is 2.94. The predicted molar refractivity (Wildman–Crippen MR) is 65.2 cm³/mol. The van der Waals surface area contributed by atoms with E-state index in [-0.39, 0.29) is 5.41 Å². The molecule has 1 heteroatoms. The minimum Gasteiger partial charge on any atom is -0.508 e. The molecule has 1 unspecified atom stereocenters. The van der Waals surface area contributed by atoms with Gasteiger partial charge in [0, 0.05) is 0 Å². The van der Waals surface area contributed by atoms with Crippen LogP contribution in [0.1, 0.15) is 52.0 Å². The minimum absolute atomic E-state index is 0.285. The number of benzene rings is 1. The third kappa shape index (κ3) is 3.26. The van der Waals surface area contributed by atoms with E-state index < -0.39 is 0 Å². The molecule has 84 valence electrons. The van der Waals surface area contributed by atoms with Crippen molar-refractivity contribution in [3.63, 3.8) is 0 Å². The van der Waals surface area contributed by atoms with E-state index in [1.54, 1.807) is 12.1 Å². The molecule has 0 saturated carbocycles. The summed E-state index contributed by atoms with van der Waals surface area (Å²) in [4.78, 5) is 0. The molecule has 1 nitrogen and oxygen atoms in total. The molecule has 0 aliphatic carbocycles. The normalized spacial score (nSPS) is 13.9. The second-order valence-electron chi connectivity index (χ2n) is 5.30. The van der Waals surface area contributed by atoms with E-state index in [0.29, 0.717) is 11.7 Å². The molecular formula is C14H22O. The summed E-state index contributed by atoms with van der Waals surface area (Å²) in [6, 6.07) is 7.65. The lowest BCUT2D eigenvalue weighted by Crippen LogP contribution is -2.18. The zero-order chi connectivity index (χ0) is 11.5. The Labute approximate surface area is 93.1 Å². The van der Waals surface area contributed by atoms with Gasteiger partial charge < -0.3 is 5.11 Å². The summed E-state index contributed by atoms with van der Waals surface area (Å²) in [6.45, 7) is 9.06. The van der Waals surface area contributed by atoms with Crippen molar-refractivity contribution in [3.8, 4) is 5.75 Å². The predicted octanol–water partition coefficient (Wildman–Crippen LogP) is 4.32. The van der Waals surface area contributed by atoms with Gasteiger partial charge in [-0.25, -0.2) is 0 Å². The third-order valence-electron chi connectivity index (χ3n) is 2.92. The van der Waals surface area contributed by atoms with Crippen molar-refractivity contribution >= 4 is 0 Å². The molecule has 0 radical (unpaired) electrons. The van der Waals surface area contributed by atoms with Crippen molar-refractivity contribution < 1.29 is 5.11 Å². The summed E-state index contributed by atoms with van der Waals surface area (Å²) in [5.41, 5.74) is 1.62. The van der Waals surface area contributed by atoms with Crippen LogP contribution < -0.4 is 0 Å². The first kappa shape index (κ1) is 12.1. The fraction of sp³-hybridized carbons (Fsp3) is 0.571. The highest BCUT2D eigenvalue weighted by atomic mass is 16.3. The lowest BCUT2D eigenvalue weighted by molar-refractivity contribution is 0.303. The Morgan fingerprint density at radius 3 is 2.07 bits per heavy atom. The second kappa shape index (κ2) is 4.69. The maximum absolute atomic E-state index is 9.27. The highest BCUT2D eigenvalue weighted by molar-refractivity contribution is 5.29. The van der Waals surface area contributed by atoms with E-state index in [9.17, 15) is 5.11 Å². The Bertz CT molecular complexity index is 292. The highest BCUT2D eigenvalue weighted by Crippen LogP contribution is 2.38. The highest BCUT2D eigenvalue weighted by Gasteiger charge is 2.25. The molecular weight excluding hydrogens is 184 g/mol. The largest absolute Gasteiger partial charge is 0.508 e. The smallest absolute Gasteiger partial charge is 0.115 e. The number of hydrogen-bond acceptors (Lipinski definition) is 1. The summed E-state index contributed by atoms with van der Waals surface area (Å²) >= 11 is 0. The van der Waals surface area contributed by atoms with Crippen LogP contribution >= 0.6 is 0 Å². The molecule has 0 aliphatic heterocycles. The monoisotopic (exact) mass is 206 g/mol. The molecule has 0 fully saturated rings. The SMILES string of the molecule is CCCC(c1ccc(O)cc1)C(C)(C)C. The van der Waals surface area contributed by atoms with Crippen molar-refractivity contribution in [2.45, 2.75) is 46.5 Å². The maximum atomic E-state index is 9.27. The molecule has 0 spiro atoms. The van der Waals surface area contributed by atoms with Crippen molar-refractivity contribution in [3.05, 3.63) is 29.8 Å². The zero-order valence-corrected chi connectivity index (χ0v) is 10.2. The quantitative estimate of drug-likeness (QED) is 0.780. The molecule has 0 amide bonds. The van der Waals surface area contributed by atoms with Gasteiger partial charge in [-0.3, -0.25) is 0 Å². The molecule has 1 atom stereocenters. The zero-order valence-electron chi connectivity index (χ0n) is 10.2. The molecule has 0 aliphatic rings. The van der Waals surface area contributed by atoms with Crippen molar-refractivity contribution in [2.24, 2.45) is 5.41 Å². The van der Waals surface area contributed by atoms with E-state index in [1.165, 1.54) is 18.4 Å². The number of phenols is 1. The summed E-state index contributed by atoms with van der Waals surface area (Å²) in [5, 5.41) is 9.27. The van der Waals surface area contributed by atoms with E-state index in [4.69, 9.17) is 0 Å². The van der Waals surface area contributed by atoms with Gasteiger partial charge in [-0.2, -0.15) is 0 Å². The summed E-state index contributed by atoms with van der Waals surface area (Å²) < 4.78 is 0. The Morgan fingerprint density at radius 2 is 1.67 bits per heavy atom. The van der Waals surface area contributed by atoms with E-state index in [0.717, 1.165) is 0 Å². The van der Waals surface area contributed by atoms with Gasteiger partial charge in [0.2, 0.25) is 0 Å². The van der Waals surface area contributed by atoms with Gasteiger partial charge in [0.15, 0.2) is 0 Å². The average molecular weight is 206 g/mol. The molecule has 1 rings (SSSR count). The molecule has 0 bridgehead atoms. The van der Waals surface area contributed by atoms with Crippen LogP contribution in [0.25, 0.3) is 0 Å². The molecule has 0 heterocycles. The number of rotatable bonds is 3. The number of phenolic OH excluding ortho intramolecular Hbond substituents is 1. The van der Waals surface area contributed by atoms with Gasteiger partial charge in [0.25, 0.3) is 0 Å². The molecule has 0 aromatic heterocycles. The standard InChI is InChI=1S/C14H22O/c1-5-6-13(14(2,3)4)11-7-9-12(15)10-8-11/h7-10,13,15H,5-6H2,1-4H3. The van der Waals surface area contributed by atoms with Gasteiger partial charge in [0.1, 0.15) is 5.75 Å².